The van der Waals surface area contributed by atoms with Crippen LogP contribution in [0.1, 0.15) is 13.8 Å². The van der Waals surface area contributed by atoms with E-state index in [1.165, 1.54) is 12.1 Å². The Morgan fingerprint density at radius 3 is 2.31 bits per heavy atom. The van der Waals surface area contributed by atoms with Crippen LogP contribution >= 0.6 is 0 Å². The quantitative estimate of drug-likeness (QED) is 0.717. The first-order chi connectivity index (χ1) is 7.34. The molecule has 2 N–H and O–H groups in total. The maximum absolute atomic E-state index is 11.9. The summed E-state index contributed by atoms with van der Waals surface area (Å²) in [7, 11) is -5.22. The highest BCUT2D eigenvalue weighted by atomic mass is 32.2. The van der Waals surface area contributed by atoms with Crippen molar-refractivity contribution in [2.75, 3.05) is 5.75 Å². The summed E-state index contributed by atoms with van der Waals surface area (Å²) in [5, 5.41) is 18.2. The minimum Gasteiger partial charge on any atom is -0.423 e. The third-order valence-corrected chi connectivity index (χ3v) is 4.23. The average Bonchev–Trinajstić information content (AvgIpc) is 2.15. The molecule has 16 heavy (non-hydrogen) atoms. The molecule has 0 aliphatic rings. The summed E-state index contributed by atoms with van der Waals surface area (Å²) in [6.07, 6.45) is 0. The molecule has 88 valence electrons. The minimum atomic E-state index is -3.46. The van der Waals surface area contributed by atoms with Crippen LogP contribution < -0.4 is 5.46 Å². The molecule has 0 amide bonds. The summed E-state index contributed by atoms with van der Waals surface area (Å²) in [6, 6.07) is 5.94. The Bertz CT molecular complexity index is 454. The van der Waals surface area contributed by atoms with Crippen LogP contribution in [0, 0.1) is 5.92 Å². The highest BCUT2D eigenvalue weighted by Crippen LogP contribution is 2.12. The van der Waals surface area contributed by atoms with Crippen LogP contribution in [-0.2, 0) is 9.84 Å². The van der Waals surface area contributed by atoms with Gasteiger partial charge in [-0.3, -0.25) is 0 Å². The zero-order chi connectivity index (χ0) is 12.3. The largest absolute Gasteiger partial charge is 0.489 e. The monoisotopic (exact) mass is 242 g/mol. The number of sulfone groups is 1. The molecule has 0 saturated carbocycles. The van der Waals surface area contributed by atoms with E-state index < -0.39 is 17.0 Å². The van der Waals surface area contributed by atoms with Gasteiger partial charge < -0.3 is 10.0 Å². The van der Waals surface area contributed by atoms with E-state index in [4.69, 9.17) is 10.0 Å². The molecule has 0 bridgehead atoms. The lowest BCUT2D eigenvalue weighted by Crippen LogP contribution is -2.35. The van der Waals surface area contributed by atoms with Gasteiger partial charge in [-0.25, -0.2) is 8.42 Å². The Hall–Kier alpha value is -0.845. The molecular weight excluding hydrogens is 227 g/mol. The van der Waals surface area contributed by atoms with Gasteiger partial charge in [0.25, 0.3) is 0 Å². The van der Waals surface area contributed by atoms with Gasteiger partial charge in [0.05, 0.1) is 10.6 Å². The van der Waals surface area contributed by atoms with Gasteiger partial charge in [-0.05, 0) is 12.0 Å². The van der Waals surface area contributed by atoms with Crippen LogP contribution in [0.3, 0.4) is 0 Å². The predicted molar refractivity (Wildman–Crippen MR) is 63.2 cm³/mol. The van der Waals surface area contributed by atoms with Gasteiger partial charge in [-0.2, -0.15) is 0 Å². The van der Waals surface area contributed by atoms with E-state index in [0.29, 0.717) is 0 Å². The second-order valence-electron chi connectivity index (χ2n) is 4.09. The van der Waals surface area contributed by atoms with Crippen LogP contribution in [0.4, 0.5) is 0 Å². The number of hydrogen-bond donors (Lipinski definition) is 2. The molecule has 0 aliphatic carbocycles. The Morgan fingerprint density at radius 1 is 1.25 bits per heavy atom. The van der Waals surface area contributed by atoms with Crippen molar-refractivity contribution in [1.29, 1.82) is 0 Å². The summed E-state index contributed by atoms with van der Waals surface area (Å²) in [4.78, 5) is -0.00120. The molecule has 0 unspecified atom stereocenters. The maximum Gasteiger partial charge on any atom is 0.489 e. The van der Waals surface area contributed by atoms with E-state index >= 15 is 0 Å². The van der Waals surface area contributed by atoms with Gasteiger partial charge in [0.1, 0.15) is 0 Å². The van der Waals surface area contributed by atoms with Gasteiger partial charge in [0.2, 0.25) is 0 Å². The first-order valence-corrected chi connectivity index (χ1v) is 6.67. The van der Waals surface area contributed by atoms with E-state index in [1.807, 2.05) is 0 Å². The normalized spacial score (nSPS) is 11.8. The molecule has 0 spiro atoms. The minimum absolute atomic E-state index is 0.00120. The summed E-state index contributed by atoms with van der Waals surface area (Å²) < 4.78 is 23.9. The second kappa shape index (κ2) is 4.99. The summed E-state index contributed by atoms with van der Waals surface area (Å²) in [6.45, 7) is 3.60. The van der Waals surface area contributed by atoms with Crippen molar-refractivity contribution in [2.24, 2.45) is 5.92 Å². The Labute approximate surface area is 96.0 Å². The zero-order valence-electron chi connectivity index (χ0n) is 9.29. The maximum atomic E-state index is 11.9. The molecule has 1 aromatic carbocycles. The number of benzene rings is 1. The first-order valence-electron chi connectivity index (χ1n) is 5.02. The van der Waals surface area contributed by atoms with Gasteiger partial charge in [-0.1, -0.05) is 32.0 Å². The summed E-state index contributed by atoms with van der Waals surface area (Å²) in [5.74, 6) is -0.00890. The standard InChI is InChI=1S/C10H15BO4S/c1-8(2)7-16(14,15)10-6-4-3-5-9(10)11(12)13/h3-6,8,12-13H,7H2,1-2H3. The molecule has 4 nitrogen and oxygen atoms in total. The van der Waals surface area contributed by atoms with Crippen molar-refractivity contribution in [3.63, 3.8) is 0 Å². The van der Waals surface area contributed by atoms with Gasteiger partial charge in [0.15, 0.2) is 9.84 Å². The van der Waals surface area contributed by atoms with E-state index in [2.05, 4.69) is 0 Å². The van der Waals surface area contributed by atoms with Gasteiger partial charge >= 0.3 is 7.12 Å². The fourth-order valence-corrected chi connectivity index (χ4v) is 3.38. The zero-order valence-corrected chi connectivity index (χ0v) is 10.1. The molecule has 1 aromatic rings. The van der Waals surface area contributed by atoms with Crippen molar-refractivity contribution in [3.8, 4) is 0 Å². The second-order valence-corrected chi connectivity index (χ2v) is 6.09. The summed E-state index contributed by atoms with van der Waals surface area (Å²) >= 11 is 0. The lowest BCUT2D eigenvalue weighted by atomic mass is 9.80. The van der Waals surface area contributed by atoms with Crippen molar-refractivity contribution >= 4 is 22.4 Å². The summed E-state index contributed by atoms with van der Waals surface area (Å²) in [5.41, 5.74) is 0.0307. The molecular formula is C10H15BO4S. The lowest BCUT2D eigenvalue weighted by Gasteiger charge is -2.11. The van der Waals surface area contributed by atoms with Crippen LogP contribution in [0.5, 0.6) is 0 Å². The smallest absolute Gasteiger partial charge is 0.423 e. The van der Waals surface area contributed by atoms with Crippen LogP contribution in [0.15, 0.2) is 29.2 Å². The number of rotatable bonds is 4. The molecule has 0 aromatic heterocycles. The molecule has 0 atom stereocenters. The molecule has 0 saturated heterocycles. The molecule has 0 fully saturated rings. The Balaban J connectivity index is 3.22. The highest BCUT2D eigenvalue weighted by Gasteiger charge is 2.24. The predicted octanol–water partition coefficient (Wildman–Crippen LogP) is -0.204. The van der Waals surface area contributed by atoms with Crippen molar-refractivity contribution in [2.45, 2.75) is 18.7 Å². The third-order valence-electron chi connectivity index (χ3n) is 2.08. The van der Waals surface area contributed by atoms with Crippen LogP contribution in [-0.4, -0.2) is 31.3 Å². The van der Waals surface area contributed by atoms with E-state index in [0.717, 1.165) is 0 Å². The molecule has 0 heterocycles. The highest BCUT2D eigenvalue weighted by molar-refractivity contribution is 7.91. The van der Waals surface area contributed by atoms with E-state index in [-0.39, 0.29) is 22.0 Å². The van der Waals surface area contributed by atoms with E-state index in [1.54, 1.807) is 26.0 Å². The Morgan fingerprint density at radius 2 is 1.81 bits per heavy atom. The van der Waals surface area contributed by atoms with Crippen LogP contribution in [0.25, 0.3) is 0 Å². The topological polar surface area (TPSA) is 74.6 Å². The molecule has 6 heteroatoms. The SMILES string of the molecule is CC(C)CS(=O)(=O)c1ccccc1B(O)O. The fraction of sp³-hybridized carbons (Fsp3) is 0.400. The van der Waals surface area contributed by atoms with E-state index in [9.17, 15) is 8.42 Å². The van der Waals surface area contributed by atoms with Crippen molar-refractivity contribution in [1.82, 2.24) is 0 Å². The first kappa shape index (κ1) is 13.2. The molecule has 0 radical (unpaired) electrons. The number of hydrogen-bond acceptors (Lipinski definition) is 4. The lowest BCUT2D eigenvalue weighted by molar-refractivity contribution is 0.424. The van der Waals surface area contributed by atoms with Crippen LogP contribution in [0.2, 0.25) is 0 Å². The fourth-order valence-electron chi connectivity index (χ4n) is 1.51. The molecule has 1 rings (SSSR count). The van der Waals surface area contributed by atoms with Crippen molar-refractivity contribution in [3.05, 3.63) is 24.3 Å². The average molecular weight is 242 g/mol. The van der Waals surface area contributed by atoms with Gasteiger partial charge in [0, 0.05) is 5.46 Å². The third kappa shape index (κ3) is 3.07. The van der Waals surface area contributed by atoms with Crippen molar-refractivity contribution < 1.29 is 18.5 Å². The Kier molecular flexibility index (Phi) is 4.12. The van der Waals surface area contributed by atoms with Gasteiger partial charge in [-0.15, -0.1) is 0 Å². The molecule has 0 aliphatic heterocycles.